The first-order valence-electron chi connectivity index (χ1n) is 14.2. The standard InChI is InChI=1S/C35H29NO5/c1-3-19-8-11-21(12-9-19)36-34(40)24-14-13-23-25(29(24)35(36)41)17-26-28(38)16-18(2)33(39)32(26)31(23)30-22-7-5-4-6-20(22)10-15-27(30)37/h4-13,15-16,24-25,29,31,37H,3,14,17H2,1-2H3. The van der Waals surface area contributed by atoms with Gasteiger partial charge in [-0.1, -0.05) is 61.0 Å². The maximum absolute atomic E-state index is 14.1. The van der Waals surface area contributed by atoms with Crippen molar-refractivity contribution in [3.63, 3.8) is 0 Å². The summed E-state index contributed by atoms with van der Waals surface area (Å²) >= 11 is 0. The van der Waals surface area contributed by atoms with Gasteiger partial charge in [0.05, 0.1) is 17.5 Å². The van der Waals surface area contributed by atoms with Gasteiger partial charge in [0.25, 0.3) is 0 Å². The van der Waals surface area contributed by atoms with E-state index in [2.05, 4.69) is 0 Å². The normalized spacial score (nSPS) is 25.7. The molecule has 0 aromatic heterocycles. The van der Waals surface area contributed by atoms with E-state index in [1.54, 1.807) is 13.0 Å². The lowest BCUT2D eigenvalue weighted by Gasteiger charge is -2.42. The van der Waals surface area contributed by atoms with Crippen LogP contribution in [0.25, 0.3) is 10.8 Å². The highest BCUT2D eigenvalue weighted by Crippen LogP contribution is 2.57. The number of benzene rings is 3. The van der Waals surface area contributed by atoms with E-state index in [1.165, 1.54) is 11.0 Å². The van der Waals surface area contributed by atoms with Gasteiger partial charge < -0.3 is 5.11 Å². The molecule has 2 amide bonds. The molecule has 4 aliphatic rings. The molecule has 1 N–H and O–H groups in total. The Balaban J connectivity index is 1.40. The number of hydrogen-bond acceptors (Lipinski definition) is 5. The number of carbonyl (C=O) groups excluding carboxylic acids is 4. The number of phenolic OH excluding ortho intramolecular Hbond substituents is 1. The Morgan fingerprint density at radius 2 is 1.66 bits per heavy atom. The van der Waals surface area contributed by atoms with Gasteiger partial charge in [-0.05, 0) is 72.7 Å². The van der Waals surface area contributed by atoms with Crippen LogP contribution in [0.2, 0.25) is 0 Å². The summed E-state index contributed by atoms with van der Waals surface area (Å²) in [6, 6.07) is 18.6. The van der Waals surface area contributed by atoms with Crippen molar-refractivity contribution in [2.24, 2.45) is 17.8 Å². The molecule has 0 spiro atoms. The molecule has 0 radical (unpaired) electrons. The molecule has 3 aliphatic carbocycles. The quantitative estimate of drug-likeness (QED) is 0.258. The third-order valence-electron chi connectivity index (χ3n) is 9.40. The van der Waals surface area contributed by atoms with Crippen LogP contribution in [0, 0.1) is 17.8 Å². The number of rotatable bonds is 3. The monoisotopic (exact) mass is 543 g/mol. The zero-order valence-corrected chi connectivity index (χ0v) is 22.9. The lowest BCUT2D eigenvalue weighted by molar-refractivity contribution is -0.123. The number of ketones is 2. The van der Waals surface area contributed by atoms with Gasteiger partial charge in [-0.25, -0.2) is 0 Å². The molecule has 1 aliphatic heterocycles. The first kappa shape index (κ1) is 25.4. The largest absolute Gasteiger partial charge is 0.508 e. The van der Waals surface area contributed by atoms with Gasteiger partial charge in [0.2, 0.25) is 11.8 Å². The van der Waals surface area contributed by atoms with Gasteiger partial charge >= 0.3 is 0 Å². The summed E-state index contributed by atoms with van der Waals surface area (Å²) < 4.78 is 0. The van der Waals surface area contributed by atoms with Crippen LogP contribution in [0.15, 0.2) is 95.1 Å². The molecule has 41 heavy (non-hydrogen) atoms. The maximum Gasteiger partial charge on any atom is 0.238 e. The van der Waals surface area contributed by atoms with E-state index in [4.69, 9.17) is 0 Å². The second-order valence-corrected chi connectivity index (χ2v) is 11.5. The summed E-state index contributed by atoms with van der Waals surface area (Å²) in [7, 11) is 0. The summed E-state index contributed by atoms with van der Waals surface area (Å²) in [5.41, 5.74) is 4.18. The number of amides is 2. The second-order valence-electron chi connectivity index (χ2n) is 11.5. The summed E-state index contributed by atoms with van der Waals surface area (Å²) in [5, 5.41) is 13.0. The maximum atomic E-state index is 14.1. The van der Waals surface area contributed by atoms with Crippen molar-refractivity contribution in [2.45, 2.75) is 39.0 Å². The first-order chi connectivity index (χ1) is 19.8. The molecule has 6 nitrogen and oxygen atoms in total. The molecule has 6 heteroatoms. The van der Waals surface area contributed by atoms with E-state index < -0.39 is 23.7 Å². The van der Waals surface area contributed by atoms with Crippen LogP contribution < -0.4 is 4.90 Å². The van der Waals surface area contributed by atoms with Crippen LogP contribution in [-0.2, 0) is 25.6 Å². The number of Topliss-reactive ketones (excluding diaryl/α,β-unsaturated/α-hetero) is 1. The Morgan fingerprint density at radius 3 is 2.41 bits per heavy atom. The smallest absolute Gasteiger partial charge is 0.238 e. The van der Waals surface area contributed by atoms with Gasteiger partial charge in [0, 0.05) is 28.2 Å². The average molecular weight is 544 g/mol. The van der Waals surface area contributed by atoms with Gasteiger partial charge in [-0.2, -0.15) is 0 Å². The number of hydrogen-bond donors (Lipinski definition) is 1. The van der Waals surface area contributed by atoms with Crippen molar-refractivity contribution in [2.75, 3.05) is 4.90 Å². The predicted molar refractivity (Wildman–Crippen MR) is 155 cm³/mol. The van der Waals surface area contributed by atoms with E-state index in [1.807, 2.05) is 67.6 Å². The van der Waals surface area contributed by atoms with Crippen molar-refractivity contribution in [3.8, 4) is 5.75 Å². The topological polar surface area (TPSA) is 91.8 Å². The lowest BCUT2D eigenvalue weighted by atomic mass is 9.59. The molecule has 3 aromatic rings. The highest BCUT2D eigenvalue weighted by atomic mass is 16.3. The number of fused-ring (bicyclic) bond motifs is 4. The number of phenols is 1. The summed E-state index contributed by atoms with van der Waals surface area (Å²) in [4.78, 5) is 56.3. The molecule has 3 aromatic carbocycles. The zero-order valence-electron chi connectivity index (χ0n) is 22.9. The van der Waals surface area contributed by atoms with Crippen molar-refractivity contribution in [1.29, 1.82) is 0 Å². The number of nitrogens with zero attached hydrogens (tertiary/aromatic N) is 1. The van der Waals surface area contributed by atoms with Crippen LogP contribution in [-0.4, -0.2) is 28.5 Å². The Hall–Kier alpha value is -4.58. The number of aryl methyl sites for hydroxylation is 1. The number of aromatic hydroxyl groups is 1. The molecular weight excluding hydrogens is 514 g/mol. The third kappa shape index (κ3) is 3.63. The first-order valence-corrected chi connectivity index (χ1v) is 14.2. The zero-order chi connectivity index (χ0) is 28.6. The molecule has 1 saturated heterocycles. The van der Waals surface area contributed by atoms with Gasteiger partial charge in [-0.3, -0.25) is 24.1 Å². The molecule has 1 fully saturated rings. The Labute approximate surface area is 237 Å². The van der Waals surface area contributed by atoms with Gasteiger partial charge in [0.15, 0.2) is 11.6 Å². The molecule has 7 rings (SSSR count). The number of carbonyl (C=O) groups is 4. The number of anilines is 1. The summed E-state index contributed by atoms with van der Waals surface area (Å²) in [6.07, 6.45) is 4.77. The molecule has 1 heterocycles. The van der Waals surface area contributed by atoms with Crippen LogP contribution in [0.3, 0.4) is 0 Å². The van der Waals surface area contributed by atoms with Crippen molar-refractivity contribution in [3.05, 3.63) is 106 Å². The Morgan fingerprint density at radius 1 is 0.902 bits per heavy atom. The fraction of sp³-hybridized carbons (Fsp3) is 0.257. The Kier molecular flexibility index (Phi) is 5.72. The van der Waals surface area contributed by atoms with Crippen LogP contribution in [0.5, 0.6) is 5.75 Å². The minimum atomic E-state index is -0.698. The highest BCUT2D eigenvalue weighted by Gasteiger charge is 2.57. The van der Waals surface area contributed by atoms with E-state index in [9.17, 15) is 24.3 Å². The summed E-state index contributed by atoms with van der Waals surface area (Å²) in [5.74, 6) is -3.28. The average Bonchev–Trinajstić information content (AvgIpc) is 3.24. The molecule has 4 unspecified atom stereocenters. The number of imide groups is 1. The summed E-state index contributed by atoms with van der Waals surface area (Å²) in [6.45, 7) is 3.69. The molecule has 204 valence electrons. The molecule has 4 atom stereocenters. The second kappa shape index (κ2) is 9.23. The van der Waals surface area contributed by atoms with Gasteiger partial charge in [0.1, 0.15) is 5.75 Å². The van der Waals surface area contributed by atoms with Crippen LogP contribution >= 0.6 is 0 Å². The SMILES string of the molecule is CCc1ccc(N2C(=O)C3CC=C4C(c5c(O)ccc6ccccc56)C5=C(CC4C3C2=O)C(=O)C=C(C)C5=O)cc1. The third-order valence-corrected chi connectivity index (χ3v) is 9.40. The molecule has 0 bridgehead atoms. The van der Waals surface area contributed by atoms with E-state index in [-0.39, 0.29) is 35.6 Å². The van der Waals surface area contributed by atoms with Crippen molar-refractivity contribution in [1.82, 2.24) is 0 Å². The lowest BCUT2D eigenvalue weighted by Crippen LogP contribution is -2.40. The molecular formula is C35H29NO5. The van der Waals surface area contributed by atoms with Gasteiger partial charge in [-0.15, -0.1) is 0 Å². The van der Waals surface area contributed by atoms with Crippen molar-refractivity contribution < 1.29 is 24.3 Å². The molecule has 0 saturated carbocycles. The predicted octanol–water partition coefficient (Wildman–Crippen LogP) is 5.74. The van der Waals surface area contributed by atoms with E-state index >= 15 is 0 Å². The highest BCUT2D eigenvalue weighted by molar-refractivity contribution is 6.25. The van der Waals surface area contributed by atoms with E-state index in [0.29, 0.717) is 34.4 Å². The fourth-order valence-corrected chi connectivity index (χ4v) is 7.42. The van der Waals surface area contributed by atoms with E-state index in [0.717, 1.165) is 28.3 Å². The Bertz CT molecular complexity index is 1790. The fourth-order valence-electron chi connectivity index (χ4n) is 7.42. The van der Waals surface area contributed by atoms with Crippen LogP contribution in [0.4, 0.5) is 5.69 Å². The minimum absolute atomic E-state index is 0.0307. The minimum Gasteiger partial charge on any atom is -0.508 e. The van der Waals surface area contributed by atoms with Crippen LogP contribution in [0.1, 0.15) is 43.7 Å². The van der Waals surface area contributed by atoms with Crippen molar-refractivity contribution >= 4 is 39.8 Å². The number of allylic oxidation sites excluding steroid dienone is 6.